The number of likely N-dealkylation sites (tertiary alicyclic amines) is 1. The van der Waals surface area contributed by atoms with E-state index in [-0.39, 0.29) is 11.5 Å². The SMILES string of the molecule is CCc1ccc(/C=C(\C#N)C(=O)N2CCCC2)cc1. The zero-order valence-corrected chi connectivity index (χ0v) is 11.2. The van der Waals surface area contributed by atoms with E-state index >= 15 is 0 Å². The quantitative estimate of drug-likeness (QED) is 0.615. The number of hydrogen-bond donors (Lipinski definition) is 0. The Hall–Kier alpha value is -2.08. The van der Waals surface area contributed by atoms with Crippen LogP contribution in [-0.4, -0.2) is 23.9 Å². The lowest BCUT2D eigenvalue weighted by atomic mass is 10.1. The average molecular weight is 254 g/mol. The van der Waals surface area contributed by atoms with Crippen LogP contribution in [0.1, 0.15) is 30.9 Å². The minimum atomic E-state index is -0.139. The minimum absolute atomic E-state index is 0.139. The summed E-state index contributed by atoms with van der Waals surface area (Å²) in [4.78, 5) is 13.9. The van der Waals surface area contributed by atoms with Crippen LogP contribution in [-0.2, 0) is 11.2 Å². The molecule has 1 fully saturated rings. The number of benzene rings is 1. The van der Waals surface area contributed by atoms with E-state index in [0.717, 1.165) is 37.9 Å². The Balaban J connectivity index is 2.17. The third kappa shape index (κ3) is 3.23. The summed E-state index contributed by atoms with van der Waals surface area (Å²) >= 11 is 0. The van der Waals surface area contributed by atoms with Gasteiger partial charge in [-0.05, 0) is 36.5 Å². The van der Waals surface area contributed by atoms with E-state index in [2.05, 4.69) is 6.92 Å². The third-order valence-corrected chi connectivity index (χ3v) is 3.44. The van der Waals surface area contributed by atoms with Crippen LogP contribution in [0.15, 0.2) is 29.8 Å². The van der Waals surface area contributed by atoms with Crippen molar-refractivity contribution in [2.75, 3.05) is 13.1 Å². The van der Waals surface area contributed by atoms with Gasteiger partial charge in [0.05, 0.1) is 0 Å². The van der Waals surface area contributed by atoms with Crippen LogP contribution in [0.25, 0.3) is 6.08 Å². The maximum atomic E-state index is 12.1. The largest absolute Gasteiger partial charge is 0.338 e. The van der Waals surface area contributed by atoms with Gasteiger partial charge < -0.3 is 4.90 Å². The van der Waals surface area contributed by atoms with Gasteiger partial charge in [-0.15, -0.1) is 0 Å². The van der Waals surface area contributed by atoms with Gasteiger partial charge in [0.2, 0.25) is 0 Å². The highest BCUT2D eigenvalue weighted by atomic mass is 16.2. The van der Waals surface area contributed by atoms with Crippen LogP contribution >= 0.6 is 0 Å². The Bertz CT molecular complexity index is 517. The maximum absolute atomic E-state index is 12.1. The summed E-state index contributed by atoms with van der Waals surface area (Å²) in [5.74, 6) is -0.139. The van der Waals surface area contributed by atoms with Crippen molar-refractivity contribution in [2.24, 2.45) is 0 Å². The molecule has 1 aliphatic heterocycles. The fourth-order valence-corrected chi connectivity index (χ4v) is 2.25. The predicted molar refractivity (Wildman–Crippen MR) is 75.2 cm³/mol. The molecule has 1 aliphatic rings. The molecule has 1 amide bonds. The molecule has 0 aromatic heterocycles. The number of aryl methyl sites for hydroxylation is 1. The van der Waals surface area contributed by atoms with E-state index in [1.165, 1.54) is 5.56 Å². The Morgan fingerprint density at radius 3 is 2.47 bits per heavy atom. The van der Waals surface area contributed by atoms with Crippen molar-refractivity contribution in [3.8, 4) is 6.07 Å². The second kappa shape index (κ2) is 6.19. The molecular weight excluding hydrogens is 236 g/mol. The first-order chi connectivity index (χ1) is 9.24. The lowest BCUT2D eigenvalue weighted by Crippen LogP contribution is -2.28. The van der Waals surface area contributed by atoms with Crippen molar-refractivity contribution in [3.05, 3.63) is 41.0 Å². The van der Waals surface area contributed by atoms with E-state index in [9.17, 15) is 4.79 Å². The monoisotopic (exact) mass is 254 g/mol. The van der Waals surface area contributed by atoms with Gasteiger partial charge in [-0.25, -0.2) is 0 Å². The van der Waals surface area contributed by atoms with Crippen LogP contribution in [0, 0.1) is 11.3 Å². The van der Waals surface area contributed by atoms with Crippen LogP contribution in [0.4, 0.5) is 0 Å². The van der Waals surface area contributed by atoms with Crippen molar-refractivity contribution < 1.29 is 4.79 Å². The van der Waals surface area contributed by atoms with Crippen molar-refractivity contribution in [1.29, 1.82) is 5.26 Å². The molecule has 98 valence electrons. The molecule has 0 radical (unpaired) electrons. The van der Waals surface area contributed by atoms with Crippen molar-refractivity contribution in [2.45, 2.75) is 26.2 Å². The molecule has 0 N–H and O–H groups in total. The van der Waals surface area contributed by atoms with Gasteiger partial charge in [0.1, 0.15) is 11.6 Å². The molecule has 0 unspecified atom stereocenters. The molecule has 3 nitrogen and oxygen atoms in total. The highest BCUT2D eigenvalue weighted by Crippen LogP contribution is 2.15. The van der Waals surface area contributed by atoms with Crippen molar-refractivity contribution in [3.63, 3.8) is 0 Å². The van der Waals surface area contributed by atoms with Crippen molar-refractivity contribution >= 4 is 12.0 Å². The second-order valence-corrected chi connectivity index (χ2v) is 4.76. The molecule has 0 spiro atoms. The molecule has 3 heteroatoms. The number of carbonyl (C=O) groups excluding carboxylic acids is 1. The standard InChI is InChI=1S/C16H18N2O/c1-2-13-5-7-14(8-6-13)11-15(12-17)16(19)18-9-3-4-10-18/h5-8,11H,2-4,9-10H2,1H3/b15-11+. The molecule has 0 saturated carbocycles. The maximum Gasteiger partial charge on any atom is 0.264 e. The van der Waals surface area contributed by atoms with Crippen LogP contribution < -0.4 is 0 Å². The number of rotatable bonds is 3. The average Bonchev–Trinajstić information content (AvgIpc) is 2.99. The van der Waals surface area contributed by atoms with E-state index in [1.54, 1.807) is 11.0 Å². The Morgan fingerprint density at radius 2 is 1.95 bits per heavy atom. The van der Waals surface area contributed by atoms with E-state index in [4.69, 9.17) is 5.26 Å². The van der Waals surface area contributed by atoms with Gasteiger partial charge >= 0.3 is 0 Å². The van der Waals surface area contributed by atoms with Gasteiger partial charge in [-0.3, -0.25) is 4.79 Å². The fourth-order valence-electron chi connectivity index (χ4n) is 2.25. The van der Waals surface area contributed by atoms with Gasteiger partial charge in [0.15, 0.2) is 0 Å². The fraction of sp³-hybridized carbons (Fsp3) is 0.375. The molecule has 1 aromatic rings. The lowest BCUT2D eigenvalue weighted by Gasteiger charge is -2.14. The predicted octanol–water partition coefficient (Wildman–Crippen LogP) is 2.78. The second-order valence-electron chi connectivity index (χ2n) is 4.76. The molecule has 1 heterocycles. The first kappa shape index (κ1) is 13.4. The molecule has 1 aromatic carbocycles. The summed E-state index contributed by atoms with van der Waals surface area (Å²) in [6.07, 6.45) is 4.74. The summed E-state index contributed by atoms with van der Waals surface area (Å²) in [6.45, 7) is 3.64. The van der Waals surface area contributed by atoms with E-state index in [1.807, 2.05) is 30.3 Å². The Labute approximate surface area is 114 Å². The molecule has 2 rings (SSSR count). The molecule has 1 saturated heterocycles. The van der Waals surface area contributed by atoms with Crippen LogP contribution in [0.2, 0.25) is 0 Å². The highest BCUT2D eigenvalue weighted by molar-refractivity contribution is 6.01. The summed E-state index contributed by atoms with van der Waals surface area (Å²) in [5, 5.41) is 9.15. The van der Waals surface area contributed by atoms with Gasteiger partial charge in [0, 0.05) is 13.1 Å². The van der Waals surface area contributed by atoms with Gasteiger partial charge in [-0.1, -0.05) is 31.2 Å². The van der Waals surface area contributed by atoms with Crippen LogP contribution in [0.5, 0.6) is 0 Å². The number of nitrogens with zero attached hydrogens (tertiary/aromatic N) is 2. The molecule has 0 aliphatic carbocycles. The number of hydrogen-bond acceptors (Lipinski definition) is 2. The van der Waals surface area contributed by atoms with Crippen molar-refractivity contribution in [1.82, 2.24) is 4.90 Å². The first-order valence-electron chi connectivity index (χ1n) is 6.74. The Morgan fingerprint density at radius 1 is 1.32 bits per heavy atom. The molecular formula is C16H18N2O. The van der Waals surface area contributed by atoms with Gasteiger partial charge in [-0.2, -0.15) is 5.26 Å². The first-order valence-corrected chi connectivity index (χ1v) is 6.74. The third-order valence-electron chi connectivity index (χ3n) is 3.44. The zero-order valence-electron chi connectivity index (χ0n) is 11.2. The molecule has 0 bridgehead atoms. The molecule has 0 atom stereocenters. The normalized spacial score (nSPS) is 15.4. The highest BCUT2D eigenvalue weighted by Gasteiger charge is 2.21. The smallest absolute Gasteiger partial charge is 0.264 e. The zero-order chi connectivity index (χ0) is 13.7. The lowest BCUT2D eigenvalue weighted by molar-refractivity contribution is -0.125. The molecule has 19 heavy (non-hydrogen) atoms. The number of carbonyl (C=O) groups is 1. The summed E-state index contributed by atoms with van der Waals surface area (Å²) in [7, 11) is 0. The van der Waals surface area contributed by atoms with Gasteiger partial charge in [0.25, 0.3) is 5.91 Å². The summed E-state index contributed by atoms with van der Waals surface area (Å²) in [6, 6.07) is 9.99. The Kier molecular flexibility index (Phi) is 4.35. The summed E-state index contributed by atoms with van der Waals surface area (Å²) < 4.78 is 0. The van der Waals surface area contributed by atoms with E-state index < -0.39 is 0 Å². The van der Waals surface area contributed by atoms with E-state index in [0.29, 0.717) is 0 Å². The topological polar surface area (TPSA) is 44.1 Å². The summed E-state index contributed by atoms with van der Waals surface area (Å²) in [5.41, 5.74) is 2.38. The van der Waals surface area contributed by atoms with Crippen LogP contribution in [0.3, 0.4) is 0 Å². The minimum Gasteiger partial charge on any atom is -0.338 e. The number of amides is 1. The number of nitriles is 1.